The number of aromatic nitrogens is 1. The molecule has 0 saturated carbocycles. The summed E-state index contributed by atoms with van der Waals surface area (Å²) in [5, 5.41) is 3.72. The number of fused-ring (bicyclic) bond motifs is 1. The molecular weight excluding hydrogens is 412 g/mol. The van der Waals surface area contributed by atoms with E-state index in [-0.39, 0.29) is 11.5 Å². The van der Waals surface area contributed by atoms with Gasteiger partial charge in [0.25, 0.3) is 5.91 Å². The Morgan fingerprint density at radius 3 is 2.19 bits per heavy atom. The molecule has 32 heavy (non-hydrogen) atoms. The third kappa shape index (κ3) is 5.20. The molecule has 1 aromatic heterocycles. The van der Waals surface area contributed by atoms with Gasteiger partial charge in [0, 0.05) is 29.8 Å². The molecule has 0 fully saturated rings. The van der Waals surface area contributed by atoms with Gasteiger partial charge in [-0.3, -0.25) is 9.59 Å². The molecular formula is C24H28N2O6. The zero-order valence-corrected chi connectivity index (χ0v) is 18.7. The first kappa shape index (κ1) is 23.1. The van der Waals surface area contributed by atoms with E-state index in [0.29, 0.717) is 60.4 Å². The Hall–Kier alpha value is -3.52. The molecule has 0 aliphatic carbocycles. The van der Waals surface area contributed by atoms with E-state index in [2.05, 4.69) is 10.3 Å². The number of hydrogen-bond donors (Lipinski definition) is 2. The van der Waals surface area contributed by atoms with Crippen molar-refractivity contribution in [3.8, 4) is 17.2 Å². The summed E-state index contributed by atoms with van der Waals surface area (Å²) < 4.78 is 22.2. The average Bonchev–Trinajstić information content (AvgIpc) is 2.76. The summed E-state index contributed by atoms with van der Waals surface area (Å²) in [6, 6.07) is 10.1. The molecule has 0 saturated heterocycles. The first-order valence-electron chi connectivity index (χ1n) is 10.5. The Kier molecular flexibility index (Phi) is 7.72. The number of anilines is 1. The number of rotatable bonds is 10. The van der Waals surface area contributed by atoms with Gasteiger partial charge < -0.3 is 29.2 Å². The van der Waals surface area contributed by atoms with E-state index in [9.17, 15) is 9.59 Å². The number of ether oxygens (including phenoxy) is 4. The predicted molar refractivity (Wildman–Crippen MR) is 123 cm³/mol. The van der Waals surface area contributed by atoms with E-state index in [1.54, 1.807) is 31.4 Å². The summed E-state index contributed by atoms with van der Waals surface area (Å²) in [7, 11) is 1.57. The Balaban J connectivity index is 1.95. The molecule has 1 heterocycles. The van der Waals surface area contributed by atoms with Gasteiger partial charge in [0.2, 0.25) is 11.3 Å². The third-order valence-electron chi connectivity index (χ3n) is 4.66. The summed E-state index contributed by atoms with van der Waals surface area (Å²) in [4.78, 5) is 27.8. The minimum Gasteiger partial charge on any atom is -0.490 e. The molecule has 3 rings (SSSR count). The lowest BCUT2D eigenvalue weighted by Crippen LogP contribution is -2.14. The molecule has 0 bridgehead atoms. The number of amides is 1. The highest BCUT2D eigenvalue weighted by Gasteiger charge is 2.18. The second-order valence-corrected chi connectivity index (χ2v) is 6.91. The molecule has 0 atom stereocenters. The summed E-state index contributed by atoms with van der Waals surface area (Å²) in [5.74, 6) is 1.02. The van der Waals surface area contributed by atoms with E-state index in [4.69, 9.17) is 18.9 Å². The van der Waals surface area contributed by atoms with Gasteiger partial charge in [-0.2, -0.15) is 0 Å². The van der Waals surface area contributed by atoms with E-state index in [0.717, 1.165) is 10.9 Å². The molecule has 3 aromatic rings. The van der Waals surface area contributed by atoms with Crippen LogP contribution in [0.2, 0.25) is 0 Å². The molecule has 0 unspecified atom stereocenters. The lowest BCUT2D eigenvalue weighted by molar-refractivity contribution is 0.102. The molecule has 0 radical (unpaired) electrons. The SMILES string of the molecule is CCOc1cc(C(=O)Nc2ccc3c(COC)cc(=O)[nH]c3c2)cc(OCC)c1OCC. The van der Waals surface area contributed by atoms with Crippen LogP contribution in [0, 0.1) is 0 Å². The summed E-state index contributed by atoms with van der Waals surface area (Å²) in [6.45, 7) is 7.17. The van der Waals surface area contributed by atoms with Gasteiger partial charge in [-0.15, -0.1) is 0 Å². The topological polar surface area (TPSA) is 98.9 Å². The van der Waals surface area contributed by atoms with Crippen LogP contribution in [0.4, 0.5) is 5.69 Å². The van der Waals surface area contributed by atoms with Crippen LogP contribution >= 0.6 is 0 Å². The molecule has 0 aliphatic rings. The number of carbonyl (C=O) groups is 1. The van der Waals surface area contributed by atoms with Crippen molar-refractivity contribution in [2.75, 3.05) is 32.2 Å². The second kappa shape index (κ2) is 10.7. The molecule has 2 aromatic carbocycles. The van der Waals surface area contributed by atoms with E-state index in [1.165, 1.54) is 6.07 Å². The molecule has 0 aliphatic heterocycles. The lowest BCUT2D eigenvalue weighted by Gasteiger charge is -2.17. The maximum Gasteiger partial charge on any atom is 0.255 e. The summed E-state index contributed by atoms with van der Waals surface area (Å²) in [5.41, 5.74) is 2.05. The number of benzene rings is 2. The number of pyridine rings is 1. The zero-order valence-electron chi connectivity index (χ0n) is 18.7. The molecule has 8 heteroatoms. The van der Waals surface area contributed by atoms with Gasteiger partial charge in [0.1, 0.15) is 0 Å². The first-order valence-corrected chi connectivity index (χ1v) is 10.5. The molecule has 170 valence electrons. The van der Waals surface area contributed by atoms with Crippen molar-refractivity contribution >= 4 is 22.5 Å². The van der Waals surface area contributed by atoms with E-state index < -0.39 is 0 Å². The van der Waals surface area contributed by atoms with Crippen LogP contribution in [0.3, 0.4) is 0 Å². The average molecular weight is 440 g/mol. The predicted octanol–water partition coefficient (Wildman–Crippen LogP) is 4.12. The van der Waals surface area contributed by atoms with Crippen LogP contribution in [0.5, 0.6) is 17.2 Å². The van der Waals surface area contributed by atoms with Crippen LogP contribution < -0.4 is 25.1 Å². The smallest absolute Gasteiger partial charge is 0.255 e. The maximum absolute atomic E-state index is 13.0. The van der Waals surface area contributed by atoms with Gasteiger partial charge in [0.05, 0.1) is 31.9 Å². The lowest BCUT2D eigenvalue weighted by atomic mass is 10.1. The van der Waals surface area contributed by atoms with Crippen LogP contribution in [0.1, 0.15) is 36.7 Å². The van der Waals surface area contributed by atoms with Crippen molar-refractivity contribution in [1.29, 1.82) is 0 Å². The Morgan fingerprint density at radius 2 is 1.59 bits per heavy atom. The van der Waals surface area contributed by atoms with Crippen LogP contribution in [0.15, 0.2) is 41.2 Å². The third-order valence-corrected chi connectivity index (χ3v) is 4.66. The zero-order chi connectivity index (χ0) is 23.1. The highest BCUT2D eigenvalue weighted by atomic mass is 16.5. The second-order valence-electron chi connectivity index (χ2n) is 6.91. The monoisotopic (exact) mass is 440 g/mol. The summed E-state index contributed by atoms with van der Waals surface area (Å²) >= 11 is 0. The van der Waals surface area contributed by atoms with Crippen molar-refractivity contribution in [2.24, 2.45) is 0 Å². The van der Waals surface area contributed by atoms with Crippen molar-refractivity contribution in [3.05, 3.63) is 57.9 Å². The number of H-pyrrole nitrogens is 1. The van der Waals surface area contributed by atoms with Crippen molar-refractivity contribution in [2.45, 2.75) is 27.4 Å². The number of carbonyl (C=O) groups excluding carboxylic acids is 1. The Labute approximate surface area is 186 Å². The highest BCUT2D eigenvalue weighted by molar-refractivity contribution is 6.06. The highest BCUT2D eigenvalue weighted by Crippen LogP contribution is 2.39. The number of aromatic amines is 1. The first-order chi connectivity index (χ1) is 15.5. The quantitative estimate of drug-likeness (QED) is 0.492. The molecule has 8 nitrogen and oxygen atoms in total. The van der Waals surface area contributed by atoms with Crippen LogP contribution in [0.25, 0.3) is 10.9 Å². The molecule has 2 N–H and O–H groups in total. The van der Waals surface area contributed by atoms with Crippen LogP contribution in [-0.2, 0) is 11.3 Å². The van der Waals surface area contributed by atoms with Crippen LogP contribution in [-0.4, -0.2) is 37.8 Å². The van der Waals surface area contributed by atoms with Crippen molar-refractivity contribution in [3.63, 3.8) is 0 Å². The van der Waals surface area contributed by atoms with E-state index in [1.807, 2.05) is 26.8 Å². The van der Waals surface area contributed by atoms with Crippen molar-refractivity contribution in [1.82, 2.24) is 4.98 Å². The minimum absolute atomic E-state index is 0.234. The fourth-order valence-corrected chi connectivity index (χ4v) is 3.41. The Morgan fingerprint density at radius 1 is 0.938 bits per heavy atom. The summed E-state index contributed by atoms with van der Waals surface area (Å²) in [6.07, 6.45) is 0. The molecule has 1 amide bonds. The van der Waals surface area contributed by atoms with Crippen molar-refractivity contribution < 1.29 is 23.7 Å². The fourth-order valence-electron chi connectivity index (χ4n) is 3.41. The van der Waals surface area contributed by atoms with Gasteiger partial charge in [0.15, 0.2) is 11.5 Å². The minimum atomic E-state index is -0.343. The maximum atomic E-state index is 13.0. The number of hydrogen-bond acceptors (Lipinski definition) is 6. The standard InChI is InChI=1S/C24H28N2O6/c1-5-30-20-10-15(11-21(31-6-2)23(20)32-7-3)24(28)25-17-8-9-18-16(14-29-4)12-22(27)26-19(18)13-17/h8-13H,5-7,14H2,1-4H3,(H,25,28)(H,26,27). The van der Waals surface area contributed by atoms with Gasteiger partial charge >= 0.3 is 0 Å². The fraction of sp³-hybridized carbons (Fsp3) is 0.333. The van der Waals surface area contributed by atoms with Gasteiger partial charge in [-0.25, -0.2) is 0 Å². The van der Waals surface area contributed by atoms with Gasteiger partial charge in [-0.1, -0.05) is 6.07 Å². The number of methoxy groups -OCH3 is 1. The number of nitrogens with one attached hydrogen (secondary N) is 2. The van der Waals surface area contributed by atoms with E-state index >= 15 is 0 Å². The van der Waals surface area contributed by atoms with Gasteiger partial charge in [-0.05, 0) is 50.6 Å². The largest absolute Gasteiger partial charge is 0.490 e. The Bertz CT molecular complexity index is 1130. The molecule has 0 spiro atoms. The normalized spacial score (nSPS) is 10.8.